The van der Waals surface area contributed by atoms with Gasteiger partial charge in [0.05, 0.1) is 23.3 Å². The lowest BCUT2D eigenvalue weighted by Gasteiger charge is -2.13. The Morgan fingerprint density at radius 1 is 0.971 bits per heavy atom. The highest BCUT2D eigenvalue weighted by Gasteiger charge is 2.18. The molecule has 0 aliphatic heterocycles. The van der Waals surface area contributed by atoms with E-state index in [1.54, 1.807) is 17.7 Å². The van der Waals surface area contributed by atoms with E-state index >= 15 is 0 Å². The van der Waals surface area contributed by atoms with Crippen LogP contribution in [0, 0.1) is 6.92 Å². The van der Waals surface area contributed by atoms with Crippen LogP contribution in [0.15, 0.2) is 82.7 Å². The zero-order valence-corrected chi connectivity index (χ0v) is 20.6. The third-order valence-electron chi connectivity index (χ3n) is 5.72. The molecule has 0 fully saturated rings. The summed E-state index contributed by atoms with van der Waals surface area (Å²) in [6, 6.07) is 23.5. The number of nitrogens with zero attached hydrogens (tertiary/aromatic N) is 5. The Bertz CT molecular complexity index is 1560. The van der Waals surface area contributed by atoms with Gasteiger partial charge >= 0.3 is 0 Å². The SMILES string of the molecule is CCOc1ccc(-n2c(SCc3nc4ccccc4c(=O)n3C)nnc2-c2cccc(C)c2)cc1. The molecule has 0 spiro atoms. The van der Waals surface area contributed by atoms with Gasteiger partial charge in [0.1, 0.15) is 11.6 Å². The lowest BCUT2D eigenvalue weighted by atomic mass is 10.1. The predicted octanol–water partition coefficient (Wildman–Crippen LogP) is 5.18. The van der Waals surface area contributed by atoms with Gasteiger partial charge in [-0.3, -0.25) is 13.9 Å². The summed E-state index contributed by atoms with van der Waals surface area (Å²) in [4.78, 5) is 17.6. The largest absolute Gasteiger partial charge is 0.494 e. The van der Waals surface area contributed by atoms with Gasteiger partial charge in [-0.15, -0.1) is 10.2 Å². The molecule has 0 radical (unpaired) electrons. The highest BCUT2D eigenvalue weighted by atomic mass is 32.2. The number of benzene rings is 3. The molecule has 176 valence electrons. The number of aromatic nitrogens is 5. The second-order valence-electron chi connectivity index (χ2n) is 8.14. The van der Waals surface area contributed by atoms with Crippen LogP contribution in [0.4, 0.5) is 0 Å². The van der Waals surface area contributed by atoms with Crippen molar-refractivity contribution < 1.29 is 4.74 Å². The monoisotopic (exact) mass is 483 g/mol. The number of fused-ring (bicyclic) bond motifs is 1. The van der Waals surface area contributed by atoms with Crippen LogP contribution in [-0.4, -0.2) is 30.9 Å². The normalized spacial score (nSPS) is 11.2. The summed E-state index contributed by atoms with van der Waals surface area (Å²) in [5, 5.41) is 10.4. The van der Waals surface area contributed by atoms with E-state index in [2.05, 4.69) is 29.3 Å². The molecule has 0 atom stereocenters. The summed E-state index contributed by atoms with van der Waals surface area (Å²) in [6.45, 7) is 4.63. The average molecular weight is 484 g/mol. The summed E-state index contributed by atoms with van der Waals surface area (Å²) in [5.41, 5.74) is 3.69. The summed E-state index contributed by atoms with van der Waals surface area (Å²) >= 11 is 1.50. The van der Waals surface area contributed by atoms with Crippen LogP contribution in [0.2, 0.25) is 0 Å². The Kier molecular flexibility index (Phi) is 6.37. The van der Waals surface area contributed by atoms with Crippen LogP contribution in [0.5, 0.6) is 5.75 Å². The number of para-hydroxylation sites is 1. The molecule has 5 rings (SSSR count). The second kappa shape index (κ2) is 9.76. The van der Waals surface area contributed by atoms with Crippen molar-refractivity contribution in [1.82, 2.24) is 24.3 Å². The van der Waals surface area contributed by atoms with Gasteiger partial charge in [-0.1, -0.05) is 47.7 Å². The lowest BCUT2D eigenvalue weighted by molar-refractivity contribution is 0.340. The van der Waals surface area contributed by atoms with Gasteiger partial charge in [-0.2, -0.15) is 0 Å². The van der Waals surface area contributed by atoms with Gasteiger partial charge in [-0.05, 0) is 56.3 Å². The number of hydrogen-bond donors (Lipinski definition) is 0. The number of thioether (sulfide) groups is 1. The lowest BCUT2D eigenvalue weighted by Crippen LogP contribution is -2.22. The first-order valence-corrected chi connectivity index (χ1v) is 12.4. The van der Waals surface area contributed by atoms with Crippen LogP contribution in [0.1, 0.15) is 18.3 Å². The first kappa shape index (κ1) is 22.9. The molecule has 7 nitrogen and oxygen atoms in total. The van der Waals surface area contributed by atoms with E-state index in [0.717, 1.165) is 28.4 Å². The van der Waals surface area contributed by atoms with Gasteiger partial charge in [0.2, 0.25) is 0 Å². The molecule has 35 heavy (non-hydrogen) atoms. The standard InChI is InChI=1S/C27H25N5O2S/c1-4-34-21-14-12-20(13-15-21)32-25(19-9-7-8-18(2)16-19)29-30-27(32)35-17-24-28-23-11-6-5-10-22(23)26(33)31(24)3/h5-16H,4,17H2,1-3H3. The molecule has 0 unspecified atom stereocenters. The fraction of sp³-hybridized carbons (Fsp3) is 0.185. The van der Waals surface area contributed by atoms with Crippen molar-refractivity contribution >= 4 is 22.7 Å². The van der Waals surface area contributed by atoms with Crippen molar-refractivity contribution in [3.05, 3.63) is 94.5 Å². The molecule has 0 aliphatic rings. The minimum Gasteiger partial charge on any atom is -0.494 e. The number of hydrogen-bond acceptors (Lipinski definition) is 6. The number of ether oxygens (including phenoxy) is 1. The highest BCUT2D eigenvalue weighted by molar-refractivity contribution is 7.98. The molecule has 0 amide bonds. The van der Waals surface area contributed by atoms with Crippen molar-refractivity contribution in [3.63, 3.8) is 0 Å². The van der Waals surface area contributed by atoms with E-state index in [-0.39, 0.29) is 5.56 Å². The van der Waals surface area contributed by atoms with Gasteiger partial charge in [0, 0.05) is 18.3 Å². The molecule has 0 saturated carbocycles. The maximum atomic E-state index is 12.8. The van der Waals surface area contributed by atoms with Gasteiger partial charge in [-0.25, -0.2) is 4.98 Å². The molecule has 2 heterocycles. The van der Waals surface area contributed by atoms with Crippen LogP contribution in [0.3, 0.4) is 0 Å². The summed E-state index contributed by atoms with van der Waals surface area (Å²) in [6.07, 6.45) is 0. The fourth-order valence-electron chi connectivity index (χ4n) is 3.95. The molecule has 5 aromatic rings. The van der Waals surface area contributed by atoms with Crippen molar-refractivity contribution in [3.8, 4) is 22.8 Å². The molecule has 3 aromatic carbocycles. The molecule has 0 saturated heterocycles. The van der Waals surface area contributed by atoms with Gasteiger partial charge in [0.25, 0.3) is 5.56 Å². The smallest absolute Gasteiger partial charge is 0.261 e. The van der Waals surface area contributed by atoms with E-state index in [1.165, 1.54) is 11.8 Å². The maximum absolute atomic E-state index is 12.8. The topological polar surface area (TPSA) is 74.8 Å². The van der Waals surface area contributed by atoms with E-state index in [9.17, 15) is 4.79 Å². The van der Waals surface area contributed by atoms with E-state index < -0.39 is 0 Å². The maximum Gasteiger partial charge on any atom is 0.261 e. The van der Waals surface area contributed by atoms with Crippen molar-refractivity contribution in [2.24, 2.45) is 7.05 Å². The quantitative estimate of drug-likeness (QED) is 0.297. The fourth-order valence-corrected chi connectivity index (χ4v) is 4.88. The second-order valence-corrected chi connectivity index (χ2v) is 9.08. The molecular formula is C27H25N5O2S. The van der Waals surface area contributed by atoms with Crippen LogP contribution >= 0.6 is 11.8 Å². The molecule has 0 bridgehead atoms. The molecule has 8 heteroatoms. The average Bonchev–Trinajstić information content (AvgIpc) is 3.30. The molecule has 2 aromatic heterocycles. The van der Waals surface area contributed by atoms with Crippen LogP contribution in [0.25, 0.3) is 28.0 Å². The molecular weight excluding hydrogens is 458 g/mol. The Morgan fingerprint density at radius 3 is 2.54 bits per heavy atom. The Balaban J connectivity index is 1.55. The Morgan fingerprint density at radius 2 is 1.77 bits per heavy atom. The van der Waals surface area contributed by atoms with Crippen LogP contribution < -0.4 is 10.3 Å². The molecule has 0 N–H and O–H groups in total. The van der Waals surface area contributed by atoms with Crippen molar-refractivity contribution in [2.45, 2.75) is 24.8 Å². The predicted molar refractivity (Wildman–Crippen MR) is 139 cm³/mol. The minimum atomic E-state index is -0.0559. The minimum absolute atomic E-state index is 0.0559. The van der Waals surface area contributed by atoms with Gasteiger partial charge in [0.15, 0.2) is 11.0 Å². The number of rotatable bonds is 7. The van der Waals surface area contributed by atoms with E-state index in [1.807, 2.05) is 66.1 Å². The number of aryl methyl sites for hydroxylation is 1. The summed E-state index contributed by atoms with van der Waals surface area (Å²) in [5.74, 6) is 2.71. The third kappa shape index (κ3) is 4.57. The van der Waals surface area contributed by atoms with Gasteiger partial charge < -0.3 is 4.74 Å². The Labute approximate surface area is 207 Å². The first-order valence-electron chi connectivity index (χ1n) is 11.4. The van der Waals surface area contributed by atoms with E-state index in [4.69, 9.17) is 9.72 Å². The third-order valence-corrected chi connectivity index (χ3v) is 6.65. The van der Waals surface area contributed by atoms with Crippen molar-refractivity contribution in [2.75, 3.05) is 6.61 Å². The highest BCUT2D eigenvalue weighted by Crippen LogP contribution is 2.30. The zero-order chi connectivity index (χ0) is 24.4. The van der Waals surface area contributed by atoms with Crippen LogP contribution in [-0.2, 0) is 12.8 Å². The zero-order valence-electron chi connectivity index (χ0n) is 19.8. The summed E-state index contributed by atoms with van der Waals surface area (Å²) < 4.78 is 9.26. The van der Waals surface area contributed by atoms with E-state index in [0.29, 0.717) is 34.2 Å². The first-order chi connectivity index (χ1) is 17.0. The van der Waals surface area contributed by atoms with Crippen molar-refractivity contribution in [1.29, 1.82) is 0 Å². The molecule has 0 aliphatic carbocycles. The Hall–Kier alpha value is -3.91. The summed E-state index contributed by atoms with van der Waals surface area (Å²) in [7, 11) is 1.76.